The van der Waals surface area contributed by atoms with Crippen molar-refractivity contribution >= 4 is 23.0 Å². The molecular weight excluding hydrogens is 356 g/mol. The maximum absolute atomic E-state index is 12.3. The van der Waals surface area contributed by atoms with Crippen molar-refractivity contribution in [3.8, 4) is 17.6 Å². The van der Waals surface area contributed by atoms with Crippen LogP contribution in [0.1, 0.15) is 16.1 Å². The third-order valence-electron chi connectivity index (χ3n) is 3.95. The van der Waals surface area contributed by atoms with Crippen LogP contribution in [0.2, 0.25) is 0 Å². The molecule has 0 aliphatic rings. The Hall–Kier alpha value is -4.05. The Morgan fingerprint density at radius 3 is 2.36 bits per heavy atom. The zero-order valence-corrected chi connectivity index (χ0v) is 15.4. The molecule has 0 aliphatic carbocycles. The van der Waals surface area contributed by atoms with Crippen LogP contribution in [0.3, 0.4) is 0 Å². The second-order valence-electron chi connectivity index (χ2n) is 5.77. The van der Waals surface area contributed by atoms with Gasteiger partial charge in [0.2, 0.25) is 0 Å². The molecule has 0 aliphatic heterocycles. The van der Waals surface area contributed by atoms with E-state index in [-0.39, 0.29) is 11.6 Å². The standard InChI is InChI=1S/C21H18N4O3/c1-27-17-8-10-20(28-2)19(11-17)24-16-7-9-18(23-13-16)21(26)25-15-5-3-14(12-22)4-6-15/h3-11,13,24H,1-2H3,(H,25,26). The van der Waals surface area contributed by atoms with E-state index in [1.165, 1.54) is 0 Å². The highest BCUT2D eigenvalue weighted by Crippen LogP contribution is 2.31. The van der Waals surface area contributed by atoms with Gasteiger partial charge in [-0.05, 0) is 48.5 Å². The summed E-state index contributed by atoms with van der Waals surface area (Å²) in [6, 6.07) is 17.4. The van der Waals surface area contributed by atoms with Gasteiger partial charge in [-0.25, -0.2) is 4.98 Å². The zero-order valence-electron chi connectivity index (χ0n) is 15.4. The van der Waals surface area contributed by atoms with Crippen molar-refractivity contribution < 1.29 is 14.3 Å². The summed E-state index contributed by atoms with van der Waals surface area (Å²) in [5.74, 6) is 1.01. The Kier molecular flexibility index (Phi) is 5.72. The van der Waals surface area contributed by atoms with Crippen LogP contribution in [-0.4, -0.2) is 25.1 Å². The Balaban J connectivity index is 1.71. The van der Waals surface area contributed by atoms with Crippen molar-refractivity contribution in [2.75, 3.05) is 24.9 Å². The van der Waals surface area contributed by atoms with Gasteiger partial charge in [0, 0.05) is 11.8 Å². The molecule has 3 rings (SSSR count). The van der Waals surface area contributed by atoms with Gasteiger partial charge in [-0.2, -0.15) is 5.26 Å². The molecule has 0 unspecified atom stereocenters. The first-order chi connectivity index (χ1) is 13.6. The van der Waals surface area contributed by atoms with E-state index < -0.39 is 0 Å². The van der Waals surface area contributed by atoms with Crippen molar-refractivity contribution in [2.45, 2.75) is 0 Å². The van der Waals surface area contributed by atoms with Gasteiger partial charge in [0.15, 0.2) is 0 Å². The largest absolute Gasteiger partial charge is 0.497 e. The molecule has 0 bridgehead atoms. The van der Waals surface area contributed by atoms with Crippen LogP contribution in [0.15, 0.2) is 60.8 Å². The van der Waals surface area contributed by atoms with E-state index in [1.54, 1.807) is 68.9 Å². The van der Waals surface area contributed by atoms with Crippen LogP contribution >= 0.6 is 0 Å². The van der Waals surface area contributed by atoms with E-state index in [1.807, 2.05) is 12.1 Å². The molecule has 3 aromatic rings. The van der Waals surface area contributed by atoms with E-state index in [9.17, 15) is 4.79 Å². The van der Waals surface area contributed by atoms with Crippen LogP contribution < -0.4 is 20.1 Å². The van der Waals surface area contributed by atoms with E-state index in [0.717, 1.165) is 5.69 Å². The average molecular weight is 374 g/mol. The summed E-state index contributed by atoms with van der Waals surface area (Å²) >= 11 is 0. The molecule has 2 N–H and O–H groups in total. The minimum Gasteiger partial charge on any atom is -0.497 e. The Morgan fingerprint density at radius 1 is 1.00 bits per heavy atom. The fourth-order valence-corrected chi connectivity index (χ4v) is 2.49. The summed E-state index contributed by atoms with van der Waals surface area (Å²) in [6.07, 6.45) is 1.56. The van der Waals surface area contributed by atoms with Gasteiger partial charge < -0.3 is 20.1 Å². The molecule has 0 fully saturated rings. The average Bonchev–Trinajstić information content (AvgIpc) is 2.74. The van der Waals surface area contributed by atoms with E-state index in [4.69, 9.17) is 14.7 Å². The number of benzene rings is 2. The molecule has 1 heterocycles. The number of nitriles is 1. The molecule has 2 aromatic carbocycles. The predicted octanol–water partition coefficient (Wildman–Crippen LogP) is 3.97. The first-order valence-electron chi connectivity index (χ1n) is 8.39. The highest BCUT2D eigenvalue weighted by atomic mass is 16.5. The summed E-state index contributed by atoms with van der Waals surface area (Å²) in [4.78, 5) is 16.5. The fourth-order valence-electron chi connectivity index (χ4n) is 2.49. The van der Waals surface area contributed by atoms with Crippen LogP contribution in [0, 0.1) is 11.3 Å². The maximum Gasteiger partial charge on any atom is 0.274 e. The molecule has 0 saturated heterocycles. The topological polar surface area (TPSA) is 96.3 Å². The molecule has 0 spiro atoms. The number of nitrogens with zero attached hydrogens (tertiary/aromatic N) is 2. The number of nitrogens with one attached hydrogen (secondary N) is 2. The number of carbonyl (C=O) groups excluding carboxylic acids is 1. The van der Waals surface area contributed by atoms with Crippen molar-refractivity contribution in [2.24, 2.45) is 0 Å². The summed E-state index contributed by atoms with van der Waals surface area (Å²) in [6.45, 7) is 0. The van der Waals surface area contributed by atoms with Gasteiger partial charge in [-0.3, -0.25) is 4.79 Å². The number of hydrogen-bond donors (Lipinski definition) is 2. The molecule has 1 amide bonds. The molecule has 140 valence electrons. The van der Waals surface area contributed by atoms with Gasteiger partial charge in [-0.15, -0.1) is 0 Å². The first-order valence-corrected chi connectivity index (χ1v) is 8.39. The predicted molar refractivity (Wildman–Crippen MR) is 106 cm³/mol. The lowest BCUT2D eigenvalue weighted by atomic mass is 10.2. The highest BCUT2D eigenvalue weighted by molar-refractivity contribution is 6.03. The molecule has 1 aromatic heterocycles. The SMILES string of the molecule is COc1ccc(OC)c(Nc2ccc(C(=O)Nc3ccc(C#N)cc3)nc2)c1. The van der Waals surface area contributed by atoms with Gasteiger partial charge >= 0.3 is 0 Å². The summed E-state index contributed by atoms with van der Waals surface area (Å²) in [5.41, 5.74) is 2.81. The molecule has 28 heavy (non-hydrogen) atoms. The lowest BCUT2D eigenvalue weighted by Gasteiger charge is -2.12. The summed E-state index contributed by atoms with van der Waals surface area (Å²) in [7, 11) is 3.18. The minimum atomic E-state index is -0.338. The fraction of sp³-hybridized carbons (Fsp3) is 0.0952. The van der Waals surface area contributed by atoms with Gasteiger partial charge in [0.05, 0.1) is 43.4 Å². The summed E-state index contributed by atoms with van der Waals surface area (Å²) < 4.78 is 10.6. The van der Waals surface area contributed by atoms with E-state index in [2.05, 4.69) is 15.6 Å². The van der Waals surface area contributed by atoms with Gasteiger partial charge in [0.1, 0.15) is 17.2 Å². The number of amides is 1. The third-order valence-corrected chi connectivity index (χ3v) is 3.95. The van der Waals surface area contributed by atoms with Crippen LogP contribution in [0.4, 0.5) is 17.1 Å². The Morgan fingerprint density at radius 2 is 1.75 bits per heavy atom. The zero-order chi connectivity index (χ0) is 19.9. The number of hydrogen-bond acceptors (Lipinski definition) is 6. The number of aromatic nitrogens is 1. The lowest BCUT2D eigenvalue weighted by Crippen LogP contribution is -2.13. The second-order valence-corrected chi connectivity index (χ2v) is 5.77. The van der Waals surface area contributed by atoms with Crippen molar-refractivity contribution in [1.29, 1.82) is 5.26 Å². The molecule has 7 heteroatoms. The minimum absolute atomic E-state index is 0.271. The maximum atomic E-state index is 12.3. The van der Waals surface area contributed by atoms with Gasteiger partial charge in [-0.1, -0.05) is 0 Å². The van der Waals surface area contributed by atoms with Crippen LogP contribution in [0.5, 0.6) is 11.5 Å². The van der Waals surface area contributed by atoms with Crippen molar-refractivity contribution in [3.63, 3.8) is 0 Å². The Labute approximate surface area is 162 Å². The lowest BCUT2D eigenvalue weighted by molar-refractivity contribution is 0.102. The molecule has 0 saturated carbocycles. The number of anilines is 3. The van der Waals surface area contributed by atoms with Crippen molar-refractivity contribution in [1.82, 2.24) is 4.98 Å². The monoisotopic (exact) mass is 374 g/mol. The smallest absolute Gasteiger partial charge is 0.274 e. The molecule has 0 atom stereocenters. The number of ether oxygens (including phenoxy) is 2. The third kappa shape index (κ3) is 4.37. The highest BCUT2D eigenvalue weighted by Gasteiger charge is 2.09. The number of carbonyl (C=O) groups is 1. The number of pyridine rings is 1. The second kappa shape index (κ2) is 8.56. The molecular formula is C21H18N4O3. The van der Waals surface area contributed by atoms with Crippen LogP contribution in [0.25, 0.3) is 0 Å². The van der Waals surface area contributed by atoms with Gasteiger partial charge in [0.25, 0.3) is 5.91 Å². The normalized spacial score (nSPS) is 9.89. The van der Waals surface area contributed by atoms with Crippen molar-refractivity contribution in [3.05, 3.63) is 72.1 Å². The van der Waals surface area contributed by atoms with E-state index in [0.29, 0.717) is 28.4 Å². The first kappa shape index (κ1) is 18.7. The van der Waals surface area contributed by atoms with Crippen LogP contribution in [-0.2, 0) is 0 Å². The summed E-state index contributed by atoms with van der Waals surface area (Å²) in [5, 5.41) is 14.8. The molecule has 7 nitrogen and oxygen atoms in total. The Bertz CT molecular complexity index is 1010. The molecule has 0 radical (unpaired) electrons. The van der Waals surface area contributed by atoms with E-state index >= 15 is 0 Å². The number of rotatable bonds is 6. The quantitative estimate of drug-likeness (QED) is 0.678. The number of methoxy groups -OCH3 is 2.